The van der Waals surface area contributed by atoms with Crippen molar-refractivity contribution < 1.29 is 9.13 Å². The van der Waals surface area contributed by atoms with Gasteiger partial charge in [-0.05, 0) is 41.4 Å². The number of hydrogen-bond acceptors (Lipinski definition) is 4. The van der Waals surface area contributed by atoms with Crippen LogP contribution in [-0.4, -0.2) is 9.97 Å². The molecule has 22 heavy (non-hydrogen) atoms. The predicted octanol–water partition coefficient (Wildman–Crippen LogP) is 5.09. The summed E-state index contributed by atoms with van der Waals surface area (Å²) in [7, 11) is 0. The van der Waals surface area contributed by atoms with E-state index >= 15 is 0 Å². The fourth-order valence-corrected chi connectivity index (χ4v) is 2.47. The van der Waals surface area contributed by atoms with E-state index in [-0.39, 0.29) is 16.7 Å². The maximum absolute atomic E-state index is 13.6. The van der Waals surface area contributed by atoms with Crippen molar-refractivity contribution in [1.29, 1.82) is 0 Å². The Labute approximate surface area is 143 Å². The summed E-state index contributed by atoms with van der Waals surface area (Å²) in [6, 6.07) is 2.97. The Morgan fingerprint density at radius 2 is 2.00 bits per heavy atom. The van der Waals surface area contributed by atoms with Gasteiger partial charge < -0.3 is 10.5 Å². The summed E-state index contributed by atoms with van der Waals surface area (Å²) >= 11 is 9.19. The second-order valence-corrected chi connectivity index (χ2v) is 5.43. The third-order valence-corrected chi connectivity index (χ3v) is 3.55. The molecule has 1 atom stereocenters. The number of nitrogens with zero attached hydrogens (tertiary/aromatic N) is 2. The third kappa shape index (κ3) is 4.30. The van der Waals surface area contributed by atoms with E-state index in [0.717, 1.165) is 5.56 Å². The van der Waals surface area contributed by atoms with Crippen LogP contribution in [-0.2, 0) is 0 Å². The van der Waals surface area contributed by atoms with E-state index in [1.807, 2.05) is 20.8 Å². The Kier molecular flexibility index (Phi) is 7.03. The zero-order valence-corrected chi connectivity index (χ0v) is 15.2. The van der Waals surface area contributed by atoms with Crippen LogP contribution in [0.1, 0.15) is 38.0 Å². The molecule has 0 spiro atoms. The van der Waals surface area contributed by atoms with Gasteiger partial charge in [0.1, 0.15) is 16.5 Å². The van der Waals surface area contributed by atoms with Crippen LogP contribution in [0.15, 0.2) is 22.9 Å². The molecule has 1 heterocycles. The van der Waals surface area contributed by atoms with Crippen molar-refractivity contribution in [3.8, 4) is 5.88 Å². The van der Waals surface area contributed by atoms with Gasteiger partial charge in [0.2, 0.25) is 0 Å². The van der Waals surface area contributed by atoms with E-state index in [2.05, 4.69) is 25.9 Å². The van der Waals surface area contributed by atoms with Gasteiger partial charge in [-0.25, -0.2) is 14.4 Å². The highest BCUT2D eigenvalue weighted by molar-refractivity contribution is 9.10. The molecule has 0 saturated carbocycles. The van der Waals surface area contributed by atoms with Gasteiger partial charge in [-0.2, -0.15) is 0 Å². The standard InChI is InChI=1S/C13H12BrClFN3O.C2H6/c1-6-3-4-8(16)11(15)10(6)7(2)20-13-12(17)18-5-9(14)19-13;1-2/h3-5,7H,1-2H3,(H2,17,18);1-2H3. The number of anilines is 1. The number of nitrogens with two attached hydrogens (primary N) is 1. The lowest BCUT2D eigenvalue weighted by Gasteiger charge is -2.18. The number of aryl methyl sites for hydroxylation is 1. The molecule has 2 N–H and O–H groups in total. The van der Waals surface area contributed by atoms with Gasteiger partial charge in [0, 0.05) is 5.56 Å². The first-order chi connectivity index (χ1) is 10.4. The highest BCUT2D eigenvalue weighted by Gasteiger charge is 2.19. The molecule has 0 fully saturated rings. The van der Waals surface area contributed by atoms with E-state index in [1.165, 1.54) is 12.3 Å². The van der Waals surface area contributed by atoms with Gasteiger partial charge >= 0.3 is 0 Å². The van der Waals surface area contributed by atoms with Gasteiger partial charge in [-0.3, -0.25) is 0 Å². The van der Waals surface area contributed by atoms with Crippen LogP contribution >= 0.6 is 27.5 Å². The average molecular weight is 391 g/mol. The highest BCUT2D eigenvalue weighted by atomic mass is 79.9. The van der Waals surface area contributed by atoms with Crippen molar-refractivity contribution in [3.05, 3.63) is 44.9 Å². The SMILES string of the molecule is CC.Cc1ccc(F)c(Cl)c1C(C)Oc1nc(Br)cnc1N. The minimum atomic E-state index is -0.510. The monoisotopic (exact) mass is 389 g/mol. The summed E-state index contributed by atoms with van der Waals surface area (Å²) in [5.41, 5.74) is 7.08. The van der Waals surface area contributed by atoms with Crippen LogP contribution in [0, 0.1) is 12.7 Å². The number of halogens is 3. The van der Waals surface area contributed by atoms with E-state index in [1.54, 1.807) is 13.0 Å². The van der Waals surface area contributed by atoms with Crippen molar-refractivity contribution in [2.45, 2.75) is 33.8 Å². The molecule has 4 nitrogen and oxygen atoms in total. The molecule has 0 aliphatic heterocycles. The Bertz CT molecular complexity index is 655. The molecular formula is C15H18BrClFN3O. The molecule has 0 aliphatic carbocycles. The van der Waals surface area contributed by atoms with Crippen molar-refractivity contribution in [2.75, 3.05) is 5.73 Å². The smallest absolute Gasteiger partial charge is 0.258 e. The highest BCUT2D eigenvalue weighted by Crippen LogP contribution is 2.32. The summed E-state index contributed by atoms with van der Waals surface area (Å²) in [6.07, 6.45) is 0.955. The van der Waals surface area contributed by atoms with Crippen molar-refractivity contribution >= 4 is 33.3 Å². The molecule has 1 unspecified atom stereocenters. The van der Waals surface area contributed by atoms with Crippen molar-refractivity contribution in [1.82, 2.24) is 9.97 Å². The van der Waals surface area contributed by atoms with Gasteiger partial charge in [0.25, 0.3) is 5.88 Å². The molecule has 0 amide bonds. The van der Waals surface area contributed by atoms with E-state index in [9.17, 15) is 4.39 Å². The van der Waals surface area contributed by atoms with Crippen LogP contribution in [0.25, 0.3) is 0 Å². The van der Waals surface area contributed by atoms with E-state index in [0.29, 0.717) is 10.2 Å². The molecule has 0 bridgehead atoms. The Morgan fingerprint density at radius 3 is 2.64 bits per heavy atom. The molecule has 1 aromatic heterocycles. The molecule has 2 aromatic rings. The van der Waals surface area contributed by atoms with Crippen LogP contribution in [0.4, 0.5) is 10.2 Å². The molecule has 0 saturated heterocycles. The molecular weight excluding hydrogens is 373 g/mol. The molecule has 0 aliphatic rings. The minimum Gasteiger partial charge on any atom is -0.467 e. The number of hydrogen-bond donors (Lipinski definition) is 1. The van der Waals surface area contributed by atoms with Crippen LogP contribution in [0.3, 0.4) is 0 Å². The first-order valence-electron chi connectivity index (χ1n) is 6.79. The van der Waals surface area contributed by atoms with Gasteiger partial charge in [-0.15, -0.1) is 0 Å². The summed E-state index contributed by atoms with van der Waals surface area (Å²) in [6.45, 7) is 7.58. The van der Waals surface area contributed by atoms with Crippen LogP contribution in [0.2, 0.25) is 5.02 Å². The van der Waals surface area contributed by atoms with Crippen molar-refractivity contribution in [2.24, 2.45) is 0 Å². The number of nitrogen functional groups attached to an aromatic ring is 1. The average Bonchev–Trinajstić information content (AvgIpc) is 2.49. The van der Waals surface area contributed by atoms with Gasteiger partial charge in [0.15, 0.2) is 5.82 Å². The second-order valence-electron chi connectivity index (χ2n) is 4.24. The fraction of sp³-hybridized carbons (Fsp3) is 0.333. The lowest BCUT2D eigenvalue weighted by molar-refractivity contribution is 0.216. The summed E-state index contributed by atoms with van der Waals surface area (Å²) in [5.74, 6) is -0.159. The number of rotatable bonds is 3. The first kappa shape index (κ1) is 18.6. The predicted molar refractivity (Wildman–Crippen MR) is 90.7 cm³/mol. The summed E-state index contributed by atoms with van der Waals surface area (Å²) in [5, 5.41) is 0.0408. The maximum atomic E-state index is 13.6. The fourth-order valence-electron chi connectivity index (χ4n) is 1.84. The van der Waals surface area contributed by atoms with Crippen LogP contribution in [0.5, 0.6) is 5.88 Å². The largest absolute Gasteiger partial charge is 0.467 e. The second kappa shape index (κ2) is 8.29. The Balaban J connectivity index is 0.00000116. The minimum absolute atomic E-state index is 0.0408. The Morgan fingerprint density at radius 1 is 1.36 bits per heavy atom. The normalized spacial score (nSPS) is 11.4. The number of ether oxygens (including phenoxy) is 1. The molecule has 7 heteroatoms. The molecule has 120 valence electrons. The van der Waals surface area contributed by atoms with Crippen LogP contribution < -0.4 is 10.5 Å². The van der Waals surface area contributed by atoms with Gasteiger partial charge in [0.05, 0.1) is 11.2 Å². The zero-order valence-electron chi connectivity index (χ0n) is 12.8. The summed E-state index contributed by atoms with van der Waals surface area (Å²) < 4.78 is 19.7. The Hall–Kier alpha value is -1.40. The number of aromatic nitrogens is 2. The molecule has 0 radical (unpaired) electrons. The lowest BCUT2D eigenvalue weighted by Crippen LogP contribution is -2.10. The molecule has 2 rings (SSSR count). The van der Waals surface area contributed by atoms with E-state index in [4.69, 9.17) is 22.1 Å². The lowest BCUT2D eigenvalue weighted by atomic mass is 10.0. The third-order valence-electron chi connectivity index (χ3n) is 2.78. The number of benzene rings is 1. The quantitative estimate of drug-likeness (QED) is 0.793. The molecule has 1 aromatic carbocycles. The van der Waals surface area contributed by atoms with Gasteiger partial charge in [-0.1, -0.05) is 31.5 Å². The maximum Gasteiger partial charge on any atom is 0.258 e. The first-order valence-corrected chi connectivity index (χ1v) is 7.96. The van der Waals surface area contributed by atoms with E-state index < -0.39 is 11.9 Å². The van der Waals surface area contributed by atoms with Crippen molar-refractivity contribution in [3.63, 3.8) is 0 Å². The topological polar surface area (TPSA) is 61.0 Å². The summed E-state index contributed by atoms with van der Waals surface area (Å²) in [4.78, 5) is 8.01. The zero-order chi connectivity index (χ0) is 16.9.